The Bertz CT molecular complexity index is 843. The fourth-order valence-electron chi connectivity index (χ4n) is 2.75. The van der Waals surface area contributed by atoms with Crippen LogP contribution in [0.25, 0.3) is 0 Å². The number of rotatable bonds is 2. The molecular formula is C17H22ClN3O4S. The average Bonchev–Trinajstić information content (AvgIpc) is 2.51. The minimum atomic E-state index is -3.42. The molecule has 1 fully saturated rings. The van der Waals surface area contributed by atoms with Crippen molar-refractivity contribution in [2.45, 2.75) is 32.4 Å². The highest BCUT2D eigenvalue weighted by molar-refractivity contribution is 7.88. The van der Waals surface area contributed by atoms with Gasteiger partial charge in [0.25, 0.3) is 0 Å². The molecule has 0 radical (unpaired) electrons. The Morgan fingerprint density at radius 3 is 2.50 bits per heavy atom. The third-order valence-electron chi connectivity index (χ3n) is 3.87. The second-order valence-electron chi connectivity index (χ2n) is 7.20. The van der Waals surface area contributed by atoms with Gasteiger partial charge in [-0.1, -0.05) is 11.6 Å². The molecule has 0 aromatic heterocycles. The number of nitrogens with zero attached hydrogens (tertiary/aromatic N) is 3. The molecule has 1 heterocycles. The highest BCUT2D eigenvalue weighted by atomic mass is 35.5. The van der Waals surface area contributed by atoms with E-state index in [0.29, 0.717) is 16.1 Å². The van der Waals surface area contributed by atoms with Gasteiger partial charge in [-0.05, 0) is 44.5 Å². The number of piperazine rings is 1. The van der Waals surface area contributed by atoms with Crippen molar-refractivity contribution in [2.24, 2.45) is 0 Å². The van der Waals surface area contributed by atoms with E-state index in [0.717, 1.165) is 6.26 Å². The first kappa shape index (κ1) is 20.5. The Morgan fingerprint density at radius 2 is 1.96 bits per heavy atom. The Hall–Kier alpha value is -1.82. The molecule has 7 nitrogen and oxygen atoms in total. The van der Waals surface area contributed by atoms with Crippen molar-refractivity contribution in [1.29, 1.82) is 5.26 Å². The number of sulfonamides is 1. The van der Waals surface area contributed by atoms with Crippen molar-refractivity contribution in [1.82, 2.24) is 9.21 Å². The molecule has 1 aromatic rings. The van der Waals surface area contributed by atoms with Crippen LogP contribution in [0.5, 0.6) is 0 Å². The summed E-state index contributed by atoms with van der Waals surface area (Å²) in [6.45, 7) is 5.73. The lowest BCUT2D eigenvalue weighted by Crippen LogP contribution is -2.53. The quantitative estimate of drug-likeness (QED) is 0.762. The molecule has 9 heteroatoms. The summed E-state index contributed by atoms with van der Waals surface area (Å²) in [5.74, 6) is 0. The van der Waals surface area contributed by atoms with E-state index in [1.807, 2.05) is 6.07 Å². The summed E-state index contributed by atoms with van der Waals surface area (Å²) >= 11 is 6.09. The van der Waals surface area contributed by atoms with Gasteiger partial charge < -0.3 is 4.74 Å². The number of hydrogen-bond acceptors (Lipinski definition) is 5. The van der Waals surface area contributed by atoms with Crippen molar-refractivity contribution in [3.05, 3.63) is 34.3 Å². The van der Waals surface area contributed by atoms with E-state index in [9.17, 15) is 18.5 Å². The maximum Gasteiger partial charge on any atom is 0.410 e. The van der Waals surface area contributed by atoms with Crippen LogP contribution in [0.15, 0.2) is 18.2 Å². The molecule has 1 aliphatic rings. The second-order valence-corrected chi connectivity index (χ2v) is 9.61. The lowest BCUT2D eigenvalue weighted by molar-refractivity contribution is 0.00580. The molecule has 142 valence electrons. The number of carbonyl (C=O) groups excluding carboxylic acids is 1. The molecule has 1 atom stereocenters. The van der Waals surface area contributed by atoms with Gasteiger partial charge in [0, 0.05) is 24.7 Å². The maximum absolute atomic E-state index is 12.6. The highest BCUT2D eigenvalue weighted by Gasteiger charge is 2.37. The first-order valence-corrected chi connectivity index (χ1v) is 10.3. The molecule has 26 heavy (non-hydrogen) atoms. The summed E-state index contributed by atoms with van der Waals surface area (Å²) in [6, 6.07) is 6.18. The van der Waals surface area contributed by atoms with Gasteiger partial charge in [0.05, 0.1) is 23.9 Å². The molecule has 1 amide bonds. The first-order valence-electron chi connectivity index (χ1n) is 8.06. The lowest BCUT2D eigenvalue weighted by Gasteiger charge is -2.41. The minimum absolute atomic E-state index is 0.0727. The predicted molar refractivity (Wildman–Crippen MR) is 98.3 cm³/mol. The van der Waals surface area contributed by atoms with Gasteiger partial charge in [-0.2, -0.15) is 9.57 Å². The fourth-order valence-corrected chi connectivity index (χ4v) is 3.82. The normalized spacial score (nSPS) is 19.1. The van der Waals surface area contributed by atoms with Crippen LogP contribution in [0.1, 0.15) is 37.9 Å². The Labute approximate surface area is 159 Å². The monoisotopic (exact) mass is 399 g/mol. The summed E-state index contributed by atoms with van der Waals surface area (Å²) in [6.07, 6.45) is 0.598. The standard InChI is InChI=1S/C17H22ClN3O4S/c1-17(2,3)25-16(22)21-6-5-20(26(4,23)24)11-15(21)13-7-12(10-19)8-14(18)9-13/h7-9,15H,5-6,11H2,1-4H3/t15-/m0/s1. The maximum atomic E-state index is 12.6. The van der Waals surface area contributed by atoms with E-state index in [2.05, 4.69) is 0 Å². The molecule has 0 unspecified atom stereocenters. The molecule has 1 aromatic carbocycles. The summed E-state index contributed by atoms with van der Waals surface area (Å²) in [7, 11) is -3.42. The van der Waals surface area contributed by atoms with Crippen molar-refractivity contribution in [2.75, 3.05) is 25.9 Å². The minimum Gasteiger partial charge on any atom is -0.444 e. The van der Waals surface area contributed by atoms with Gasteiger partial charge in [-0.15, -0.1) is 0 Å². The molecule has 0 saturated carbocycles. The van der Waals surface area contributed by atoms with Crippen molar-refractivity contribution >= 4 is 27.7 Å². The Kier molecular flexibility index (Phi) is 5.85. The SMILES string of the molecule is CC(C)(C)OC(=O)N1CCN(S(C)(=O)=O)C[C@H]1c1cc(Cl)cc(C#N)c1. The van der Waals surface area contributed by atoms with E-state index < -0.39 is 27.8 Å². The van der Waals surface area contributed by atoms with E-state index in [4.69, 9.17) is 16.3 Å². The van der Waals surface area contributed by atoms with Gasteiger partial charge in [0.2, 0.25) is 10.0 Å². The van der Waals surface area contributed by atoms with Gasteiger partial charge in [0.15, 0.2) is 0 Å². The van der Waals surface area contributed by atoms with Gasteiger partial charge in [-0.25, -0.2) is 13.2 Å². The Morgan fingerprint density at radius 1 is 1.31 bits per heavy atom. The van der Waals surface area contributed by atoms with Crippen molar-refractivity contribution in [3.8, 4) is 6.07 Å². The third kappa shape index (κ3) is 5.10. The summed E-state index contributed by atoms with van der Waals surface area (Å²) < 4.78 is 30.7. The topological polar surface area (TPSA) is 90.7 Å². The first-order chi connectivity index (χ1) is 11.9. The second kappa shape index (κ2) is 7.43. The number of nitriles is 1. The number of benzene rings is 1. The predicted octanol–water partition coefficient (Wildman–Crippen LogP) is 2.77. The van der Waals surface area contributed by atoms with Crippen LogP contribution in [-0.2, 0) is 14.8 Å². The number of amides is 1. The fraction of sp³-hybridized carbons (Fsp3) is 0.529. The van der Waals surface area contributed by atoms with Gasteiger partial charge >= 0.3 is 6.09 Å². The van der Waals surface area contributed by atoms with Gasteiger partial charge in [-0.3, -0.25) is 4.90 Å². The zero-order valence-corrected chi connectivity index (χ0v) is 16.8. The largest absolute Gasteiger partial charge is 0.444 e. The summed E-state index contributed by atoms with van der Waals surface area (Å²) in [4.78, 5) is 14.1. The van der Waals surface area contributed by atoms with Crippen LogP contribution in [0.2, 0.25) is 5.02 Å². The number of halogens is 1. The van der Waals surface area contributed by atoms with E-state index in [1.165, 1.54) is 15.3 Å². The molecular weight excluding hydrogens is 378 g/mol. The average molecular weight is 400 g/mol. The Balaban J connectivity index is 2.43. The van der Waals surface area contributed by atoms with Gasteiger partial charge in [0.1, 0.15) is 5.60 Å². The zero-order chi connectivity index (χ0) is 19.7. The summed E-state index contributed by atoms with van der Waals surface area (Å²) in [5, 5.41) is 9.52. The van der Waals surface area contributed by atoms with Crippen LogP contribution in [0, 0.1) is 11.3 Å². The smallest absolute Gasteiger partial charge is 0.410 e. The number of hydrogen-bond donors (Lipinski definition) is 0. The van der Waals surface area contributed by atoms with Crippen LogP contribution < -0.4 is 0 Å². The van der Waals surface area contributed by atoms with Crippen molar-refractivity contribution in [3.63, 3.8) is 0 Å². The highest BCUT2D eigenvalue weighted by Crippen LogP contribution is 2.30. The summed E-state index contributed by atoms with van der Waals surface area (Å²) in [5.41, 5.74) is 0.253. The van der Waals surface area contributed by atoms with Crippen LogP contribution in [-0.4, -0.2) is 55.2 Å². The third-order valence-corrected chi connectivity index (χ3v) is 5.36. The molecule has 1 saturated heterocycles. The van der Waals surface area contributed by atoms with Crippen LogP contribution >= 0.6 is 11.6 Å². The van der Waals surface area contributed by atoms with Crippen LogP contribution in [0.3, 0.4) is 0 Å². The molecule has 0 spiro atoms. The molecule has 0 N–H and O–H groups in total. The number of carbonyl (C=O) groups is 1. The lowest BCUT2D eigenvalue weighted by atomic mass is 10.0. The van der Waals surface area contributed by atoms with Crippen molar-refractivity contribution < 1.29 is 17.9 Å². The molecule has 0 aliphatic carbocycles. The van der Waals surface area contributed by atoms with E-state index >= 15 is 0 Å². The van der Waals surface area contributed by atoms with Crippen LogP contribution in [0.4, 0.5) is 4.79 Å². The number of ether oxygens (including phenoxy) is 1. The van der Waals surface area contributed by atoms with E-state index in [1.54, 1.807) is 32.9 Å². The molecule has 1 aliphatic heterocycles. The molecule has 0 bridgehead atoms. The zero-order valence-electron chi connectivity index (χ0n) is 15.2. The molecule has 2 rings (SSSR count). The van der Waals surface area contributed by atoms with E-state index in [-0.39, 0.29) is 19.6 Å².